The molecule has 1 aromatic carbocycles. The van der Waals surface area contributed by atoms with E-state index in [1.807, 2.05) is 17.0 Å². The van der Waals surface area contributed by atoms with Gasteiger partial charge in [-0.1, -0.05) is 28.8 Å². The van der Waals surface area contributed by atoms with Crippen molar-refractivity contribution in [3.05, 3.63) is 34.6 Å². The lowest BCUT2D eigenvalue weighted by Crippen LogP contribution is -2.54. The molecule has 1 saturated carbocycles. The summed E-state index contributed by atoms with van der Waals surface area (Å²) in [5.74, 6) is 0.127. The lowest BCUT2D eigenvalue weighted by atomic mass is 9.71. The van der Waals surface area contributed by atoms with Crippen LogP contribution in [0.15, 0.2) is 29.0 Å². The molecule has 4 rings (SSSR count). The molecule has 2 aliphatic rings. The number of carbonyl (C=O) groups excluding carboxylic acids is 1. The van der Waals surface area contributed by atoms with Gasteiger partial charge in [0.25, 0.3) is 5.91 Å². The number of tetrazole rings is 1. The molecule has 1 aliphatic carbocycles. The van der Waals surface area contributed by atoms with Crippen molar-refractivity contribution >= 4 is 21.8 Å². The zero-order chi connectivity index (χ0) is 17.4. The Kier molecular flexibility index (Phi) is 4.33. The van der Waals surface area contributed by atoms with Gasteiger partial charge in [0, 0.05) is 23.5 Å². The second-order valence-electron chi connectivity index (χ2n) is 6.96. The van der Waals surface area contributed by atoms with Crippen LogP contribution >= 0.6 is 15.9 Å². The van der Waals surface area contributed by atoms with Gasteiger partial charge in [0.05, 0.1) is 16.9 Å². The Morgan fingerprint density at radius 3 is 3.00 bits per heavy atom. The predicted molar refractivity (Wildman–Crippen MR) is 94.3 cm³/mol. The van der Waals surface area contributed by atoms with Crippen molar-refractivity contribution in [1.29, 1.82) is 0 Å². The van der Waals surface area contributed by atoms with E-state index >= 15 is 0 Å². The fourth-order valence-electron chi connectivity index (χ4n) is 4.08. The minimum atomic E-state index is -0.592. The highest BCUT2D eigenvalue weighted by Gasteiger charge is 2.44. The van der Waals surface area contributed by atoms with Crippen molar-refractivity contribution in [3.8, 4) is 5.69 Å². The van der Waals surface area contributed by atoms with Gasteiger partial charge in [-0.25, -0.2) is 0 Å². The van der Waals surface area contributed by atoms with E-state index < -0.39 is 5.60 Å². The van der Waals surface area contributed by atoms with E-state index in [9.17, 15) is 9.90 Å². The maximum Gasteiger partial charge on any atom is 0.256 e. The lowest BCUT2D eigenvalue weighted by Gasteiger charge is -2.47. The Labute approximate surface area is 154 Å². The third-order valence-electron chi connectivity index (χ3n) is 5.50. The molecule has 0 spiro atoms. The van der Waals surface area contributed by atoms with Gasteiger partial charge in [-0.3, -0.25) is 4.79 Å². The first-order valence-corrected chi connectivity index (χ1v) is 9.41. The highest BCUT2D eigenvalue weighted by molar-refractivity contribution is 9.10. The van der Waals surface area contributed by atoms with E-state index in [2.05, 4.69) is 31.5 Å². The summed E-state index contributed by atoms with van der Waals surface area (Å²) in [6.07, 6.45) is 6.18. The maximum atomic E-state index is 13.2. The summed E-state index contributed by atoms with van der Waals surface area (Å²) in [4.78, 5) is 15.0. The summed E-state index contributed by atoms with van der Waals surface area (Å²) >= 11 is 3.44. The average molecular weight is 406 g/mol. The summed E-state index contributed by atoms with van der Waals surface area (Å²) in [5.41, 5.74) is 0.621. The molecule has 0 bridgehead atoms. The van der Waals surface area contributed by atoms with Crippen LogP contribution in [-0.2, 0) is 0 Å². The number of nitrogens with zero attached hydrogens (tertiary/aromatic N) is 5. The number of rotatable bonds is 2. The molecule has 2 atom stereocenters. The van der Waals surface area contributed by atoms with E-state index in [-0.39, 0.29) is 11.8 Å². The quantitative estimate of drug-likeness (QED) is 0.827. The number of hydrogen-bond donors (Lipinski definition) is 1. The summed E-state index contributed by atoms with van der Waals surface area (Å²) in [6, 6.07) is 5.50. The maximum absolute atomic E-state index is 13.2. The van der Waals surface area contributed by atoms with Crippen molar-refractivity contribution in [2.24, 2.45) is 5.92 Å². The number of carbonyl (C=O) groups is 1. The summed E-state index contributed by atoms with van der Waals surface area (Å²) in [6.45, 7) is 1.18. The van der Waals surface area contributed by atoms with Gasteiger partial charge in [0.15, 0.2) is 0 Å². The van der Waals surface area contributed by atoms with Crippen LogP contribution in [0.5, 0.6) is 0 Å². The number of amides is 1. The van der Waals surface area contributed by atoms with E-state index in [0.717, 1.165) is 30.2 Å². The van der Waals surface area contributed by atoms with Crippen LogP contribution in [-0.4, -0.2) is 54.8 Å². The molecule has 1 aromatic heterocycles. The van der Waals surface area contributed by atoms with Gasteiger partial charge in [-0.05, 0) is 47.9 Å². The SMILES string of the molecule is O=C(c1cc(Br)ccc1-n1cnnn1)N1CC[C@]2(O)CCCC[C@H]2C1. The van der Waals surface area contributed by atoms with Crippen molar-refractivity contribution in [1.82, 2.24) is 25.1 Å². The number of likely N-dealkylation sites (tertiary alicyclic amines) is 1. The van der Waals surface area contributed by atoms with Crippen LogP contribution in [0, 0.1) is 5.92 Å². The fraction of sp³-hybridized carbons (Fsp3) is 0.529. The molecule has 1 N–H and O–H groups in total. The van der Waals surface area contributed by atoms with Crippen LogP contribution in [0.3, 0.4) is 0 Å². The third-order valence-corrected chi connectivity index (χ3v) is 5.99. The number of fused-ring (bicyclic) bond motifs is 1. The average Bonchev–Trinajstić information content (AvgIpc) is 3.14. The van der Waals surface area contributed by atoms with Crippen LogP contribution in [0.4, 0.5) is 0 Å². The number of aromatic nitrogens is 4. The number of aliphatic hydroxyl groups is 1. The molecule has 25 heavy (non-hydrogen) atoms. The van der Waals surface area contributed by atoms with Crippen molar-refractivity contribution in [2.75, 3.05) is 13.1 Å². The normalized spacial score (nSPS) is 26.3. The third kappa shape index (κ3) is 3.08. The summed E-state index contributed by atoms with van der Waals surface area (Å²) in [5, 5.41) is 22.1. The van der Waals surface area contributed by atoms with Crippen LogP contribution in [0.25, 0.3) is 5.69 Å². The van der Waals surface area contributed by atoms with E-state index in [0.29, 0.717) is 30.8 Å². The smallest absolute Gasteiger partial charge is 0.256 e. The minimum absolute atomic E-state index is 0.0422. The van der Waals surface area contributed by atoms with E-state index in [1.165, 1.54) is 11.0 Å². The van der Waals surface area contributed by atoms with Gasteiger partial charge < -0.3 is 10.0 Å². The Morgan fingerprint density at radius 1 is 1.32 bits per heavy atom. The first-order chi connectivity index (χ1) is 12.1. The second-order valence-corrected chi connectivity index (χ2v) is 7.88. The first-order valence-electron chi connectivity index (χ1n) is 8.61. The summed E-state index contributed by atoms with van der Waals surface area (Å²) < 4.78 is 2.33. The second kappa shape index (κ2) is 6.49. The largest absolute Gasteiger partial charge is 0.389 e. The van der Waals surface area contributed by atoms with E-state index in [1.54, 1.807) is 6.07 Å². The fourth-order valence-corrected chi connectivity index (χ4v) is 4.44. The van der Waals surface area contributed by atoms with Crippen LogP contribution < -0.4 is 0 Å². The highest BCUT2D eigenvalue weighted by atomic mass is 79.9. The van der Waals surface area contributed by atoms with Gasteiger partial charge >= 0.3 is 0 Å². The topological polar surface area (TPSA) is 84.1 Å². The monoisotopic (exact) mass is 405 g/mol. The molecule has 1 amide bonds. The molecular weight excluding hydrogens is 386 g/mol. The van der Waals surface area contributed by atoms with E-state index in [4.69, 9.17) is 0 Å². The molecule has 0 unspecified atom stereocenters. The molecule has 1 saturated heterocycles. The Morgan fingerprint density at radius 2 is 2.20 bits per heavy atom. The molecule has 132 valence electrons. The van der Waals surface area contributed by atoms with Crippen LogP contribution in [0.2, 0.25) is 0 Å². The molecule has 2 fully saturated rings. The van der Waals surface area contributed by atoms with Gasteiger partial charge in [0.1, 0.15) is 6.33 Å². The number of halogens is 1. The molecule has 2 aromatic rings. The zero-order valence-corrected chi connectivity index (χ0v) is 15.4. The standard InChI is InChI=1S/C17H20BrN5O2/c18-13-4-5-15(23-11-19-20-21-23)14(9-13)16(24)22-8-7-17(25)6-2-1-3-12(17)10-22/h4-5,9,11-12,25H,1-3,6-8,10H2/t12-,17+/m0/s1. The first kappa shape index (κ1) is 16.7. The number of benzene rings is 1. The highest BCUT2D eigenvalue weighted by Crippen LogP contribution is 2.40. The van der Waals surface area contributed by atoms with Gasteiger partial charge in [-0.15, -0.1) is 5.10 Å². The van der Waals surface area contributed by atoms with Gasteiger partial charge in [-0.2, -0.15) is 4.68 Å². The van der Waals surface area contributed by atoms with Crippen molar-refractivity contribution in [2.45, 2.75) is 37.7 Å². The molecule has 8 heteroatoms. The molecule has 2 heterocycles. The molecule has 0 radical (unpaired) electrons. The molecule has 7 nitrogen and oxygen atoms in total. The Bertz CT molecular complexity index is 781. The van der Waals surface area contributed by atoms with Crippen molar-refractivity contribution < 1.29 is 9.90 Å². The molecular formula is C17H20BrN5O2. The minimum Gasteiger partial charge on any atom is -0.389 e. The zero-order valence-electron chi connectivity index (χ0n) is 13.8. The predicted octanol–water partition coefficient (Wildman–Crippen LogP) is 2.19. The van der Waals surface area contributed by atoms with Crippen LogP contribution in [0.1, 0.15) is 42.5 Å². The Hall–Kier alpha value is -1.80. The molecule has 1 aliphatic heterocycles. The number of piperidine rings is 1. The lowest BCUT2D eigenvalue weighted by molar-refractivity contribution is -0.0886. The number of hydrogen-bond acceptors (Lipinski definition) is 5. The Balaban J connectivity index is 1.62. The van der Waals surface area contributed by atoms with Gasteiger partial charge in [0.2, 0.25) is 0 Å². The van der Waals surface area contributed by atoms with Crippen molar-refractivity contribution in [3.63, 3.8) is 0 Å². The summed E-state index contributed by atoms with van der Waals surface area (Å²) in [7, 11) is 0.